The Bertz CT molecular complexity index is 722. The molecule has 1 aromatic carbocycles. The number of carbonyl (C=O) groups is 1. The molecule has 136 valence electrons. The summed E-state index contributed by atoms with van der Waals surface area (Å²) in [5, 5.41) is 9.70. The molecule has 0 aliphatic rings. The van der Waals surface area contributed by atoms with Gasteiger partial charge in [-0.25, -0.2) is 9.37 Å². The summed E-state index contributed by atoms with van der Waals surface area (Å²) in [7, 11) is 1.63. The Morgan fingerprint density at radius 1 is 1.36 bits per heavy atom. The summed E-state index contributed by atoms with van der Waals surface area (Å²) in [6, 6.07) is 5.76. The maximum Gasteiger partial charge on any atom is 0.243 e. The Kier molecular flexibility index (Phi) is 9.35. The van der Waals surface area contributed by atoms with Gasteiger partial charge in [0.15, 0.2) is 5.96 Å². The molecule has 0 fully saturated rings. The fraction of sp³-hybridized carbons (Fsp3) is 0.312. The quantitative estimate of drug-likeness (QED) is 0.340. The summed E-state index contributed by atoms with van der Waals surface area (Å²) in [6.07, 6.45) is 2.64. The zero-order chi connectivity index (χ0) is 17.4. The SMILES string of the molecule is CN=C(NCCc1ncc(C)s1)NCC(=O)Nc1cccc(F)c1.I. The molecule has 0 unspecified atom stereocenters. The van der Waals surface area contributed by atoms with E-state index in [0.29, 0.717) is 18.2 Å². The molecule has 9 heteroatoms. The van der Waals surface area contributed by atoms with Crippen LogP contribution in [0.15, 0.2) is 35.5 Å². The first-order valence-electron chi connectivity index (χ1n) is 7.48. The Morgan fingerprint density at radius 3 is 2.80 bits per heavy atom. The second-order valence-corrected chi connectivity index (χ2v) is 6.35. The van der Waals surface area contributed by atoms with Crippen molar-refractivity contribution in [3.8, 4) is 0 Å². The molecule has 0 bridgehead atoms. The summed E-state index contributed by atoms with van der Waals surface area (Å²) >= 11 is 1.66. The van der Waals surface area contributed by atoms with E-state index < -0.39 is 5.82 Å². The number of guanidine groups is 1. The minimum atomic E-state index is -0.393. The van der Waals surface area contributed by atoms with Crippen molar-refractivity contribution in [2.75, 3.05) is 25.5 Å². The number of thiazole rings is 1. The number of rotatable bonds is 6. The van der Waals surface area contributed by atoms with Crippen molar-refractivity contribution >= 4 is 52.9 Å². The van der Waals surface area contributed by atoms with Gasteiger partial charge in [0.05, 0.1) is 11.6 Å². The number of nitrogens with zero attached hydrogens (tertiary/aromatic N) is 2. The third-order valence-electron chi connectivity index (χ3n) is 3.05. The van der Waals surface area contributed by atoms with Crippen molar-refractivity contribution in [1.82, 2.24) is 15.6 Å². The van der Waals surface area contributed by atoms with Crippen LogP contribution >= 0.6 is 35.3 Å². The average Bonchev–Trinajstić information content (AvgIpc) is 2.96. The normalized spacial score (nSPS) is 10.8. The molecule has 1 amide bonds. The number of benzene rings is 1. The molecule has 0 atom stereocenters. The van der Waals surface area contributed by atoms with E-state index >= 15 is 0 Å². The second-order valence-electron chi connectivity index (χ2n) is 5.03. The zero-order valence-electron chi connectivity index (χ0n) is 14.0. The first kappa shape index (κ1) is 21.3. The lowest BCUT2D eigenvalue weighted by Gasteiger charge is -2.11. The van der Waals surface area contributed by atoms with Crippen LogP contribution in [0.3, 0.4) is 0 Å². The van der Waals surface area contributed by atoms with Gasteiger partial charge in [0.1, 0.15) is 5.82 Å². The molecule has 1 aromatic heterocycles. The number of carbonyl (C=O) groups excluding carboxylic acids is 1. The van der Waals surface area contributed by atoms with Gasteiger partial charge in [-0.05, 0) is 25.1 Å². The van der Waals surface area contributed by atoms with Crippen LogP contribution in [0.1, 0.15) is 9.88 Å². The summed E-state index contributed by atoms with van der Waals surface area (Å²) in [5.74, 6) is -0.146. The van der Waals surface area contributed by atoms with Crippen molar-refractivity contribution in [3.05, 3.63) is 46.2 Å². The molecule has 2 rings (SSSR count). The van der Waals surface area contributed by atoms with Crippen molar-refractivity contribution in [3.63, 3.8) is 0 Å². The molecule has 0 saturated heterocycles. The minimum absolute atomic E-state index is 0. The Balaban J connectivity index is 0.00000312. The van der Waals surface area contributed by atoms with Crippen LogP contribution in [0.2, 0.25) is 0 Å². The standard InChI is InChI=1S/C16H20FN5OS.HI/c1-11-9-20-15(24-11)6-7-19-16(18-2)21-10-14(23)22-13-5-3-4-12(17)8-13;/h3-5,8-9H,6-7,10H2,1-2H3,(H,22,23)(H2,18,19,21);1H. The Hall–Kier alpha value is -1.75. The third-order valence-corrected chi connectivity index (χ3v) is 4.02. The fourth-order valence-corrected chi connectivity index (χ4v) is 2.75. The van der Waals surface area contributed by atoms with Crippen LogP contribution < -0.4 is 16.0 Å². The topological polar surface area (TPSA) is 78.4 Å². The van der Waals surface area contributed by atoms with E-state index in [2.05, 4.69) is 25.9 Å². The molecule has 6 nitrogen and oxygen atoms in total. The number of hydrogen-bond acceptors (Lipinski definition) is 4. The maximum absolute atomic E-state index is 13.1. The van der Waals surface area contributed by atoms with Gasteiger partial charge in [-0.3, -0.25) is 9.79 Å². The van der Waals surface area contributed by atoms with E-state index in [-0.39, 0.29) is 36.4 Å². The summed E-state index contributed by atoms with van der Waals surface area (Å²) in [6.45, 7) is 2.72. The van der Waals surface area contributed by atoms with E-state index in [0.717, 1.165) is 11.4 Å². The highest BCUT2D eigenvalue weighted by Gasteiger charge is 2.05. The number of amides is 1. The van der Waals surface area contributed by atoms with Gasteiger partial charge >= 0.3 is 0 Å². The Morgan fingerprint density at radius 2 is 2.16 bits per heavy atom. The highest BCUT2D eigenvalue weighted by molar-refractivity contribution is 14.0. The largest absolute Gasteiger partial charge is 0.356 e. The predicted octanol–water partition coefficient (Wildman–Crippen LogP) is 2.55. The van der Waals surface area contributed by atoms with Crippen LogP contribution in [0.5, 0.6) is 0 Å². The summed E-state index contributed by atoms with van der Waals surface area (Å²) in [5.41, 5.74) is 0.420. The monoisotopic (exact) mass is 477 g/mol. The predicted molar refractivity (Wildman–Crippen MR) is 110 cm³/mol. The van der Waals surface area contributed by atoms with E-state index in [9.17, 15) is 9.18 Å². The number of nitrogens with one attached hydrogen (secondary N) is 3. The van der Waals surface area contributed by atoms with Gasteiger partial charge in [0.2, 0.25) is 5.91 Å². The van der Waals surface area contributed by atoms with Crippen molar-refractivity contribution in [1.29, 1.82) is 0 Å². The highest BCUT2D eigenvalue weighted by atomic mass is 127. The molecule has 0 saturated carbocycles. The van der Waals surface area contributed by atoms with E-state index in [1.54, 1.807) is 30.5 Å². The van der Waals surface area contributed by atoms with Gasteiger partial charge in [0.25, 0.3) is 0 Å². The lowest BCUT2D eigenvalue weighted by Crippen LogP contribution is -2.42. The molecule has 0 spiro atoms. The van der Waals surface area contributed by atoms with Crippen LogP contribution in [0, 0.1) is 12.7 Å². The maximum atomic E-state index is 13.1. The number of anilines is 1. The first-order chi connectivity index (χ1) is 11.6. The molecule has 0 aliphatic carbocycles. The smallest absolute Gasteiger partial charge is 0.243 e. The number of aliphatic imine (C=N–C) groups is 1. The molecule has 25 heavy (non-hydrogen) atoms. The van der Waals surface area contributed by atoms with Gasteiger partial charge in [-0.2, -0.15) is 0 Å². The summed E-state index contributed by atoms with van der Waals surface area (Å²) < 4.78 is 13.1. The van der Waals surface area contributed by atoms with Crippen molar-refractivity contribution in [2.24, 2.45) is 4.99 Å². The number of aromatic nitrogens is 1. The molecular weight excluding hydrogens is 456 g/mol. The second kappa shape index (κ2) is 11.0. The van der Waals surface area contributed by atoms with Gasteiger partial charge in [-0.15, -0.1) is 35.3 Å². The fourth-order valence-electron chi connectivity index (χ4n) is 1.96. The molecule has 3 N–H and O–H groups in total. The van der Waals surface area contributed by atoms with Crippen LogP contribution in [-0.2, 0) is 11.2 Å². The number of hydrogen-bond donors (Lipinski definition) is 3. The highest BCUT2D eigenvalue weighted by Crippen LogP contribution is 2.11. The molecule has 1 heterocycles. The third kappa shape index (κ3) is 7.78. The molecular formula is C16H21FIN5OS. The van der Waals surface area contributed by atoms with Crippen LogP contribution in [0.25, 0.3) is 0 Å². The Labute approximate surface area is 167 Å². The lowest BCUT2D eigenvalue weighted by atomic mass is 10.3. The average molecular weight is 477 g/mol. The summed E-state index contributed by atoms with van der Waals surface area (Å²) in [4.78, 5) is 21.4. The minimum Gasteiger partial charge on any atom is -0.356 e. The van der Waals surface area contributed by atoms with Gasteiger partial charge in [-0.1, -0.05) is 6.07 Å². The van der Waals surface area contributed by atoms with Crippen LogP contribution in [-0.4, -0.2) is 37.0 Å². The van der Waals surface area contributed by atoms with Crippen LogP contribution in [0.4, 0.5) is 10.1 Å². The molecule has 2 aromatic rings. The zero-order valence-corrected chi connectivity index (χ0v) is 17.2. The number of halogens is 2. The van der Waals surface area contributed by atoms with Gasteiger partial charge in [0, 0.05) is 36.8 Å². The first-order valence-corrected chi connectivity index (χ1v) is 8.29. The molecule has 0 aliphatic heterocycles. The number of aryl methyl sites for hydroxylation is 1. The van der Waals surface area contributed by atoms with Crippen molar-refractivity contribution in [2.45, 2.75) is 13.3 Å². The lowest BCUT2D eigenvalue weighted by molar-refractivity contribution is -0.115. The molecule has 0 radical (unpaired) electrons. The van der Waals surface area contributed by atoms with E-state index in [1.165, 1.54) is 17.0 Å². The van der Waals surface area contributed by atoms with Gasteiger partial charge < -0.3 is 16.0 Å². The van der Waals surface area contributed by atoms with E-state index in [4.69, 9.17) is 0 Å². The van der Waals surface area contributed by atoms with Crippen molar-refractivity contribution < 1.29 is 9.18 Å². The van der Waals surface area contributed by atoms with E-state index in [1.807, 2.05) is 13.1 Å².